The third-order valence-electron chi connectivity index (χ3n) is 2.66. The molecule has 1 aromatic heterocycles. The van der Waals surface area contributed by atoms with E-state index >= 15 is 0 Å². The number of hydrogen-bond donors (Lipinski definition) is 2. The molecule has 0 aliphatic carbocycles. The molecule has 0 fully saturated rings. The first-order valence-corrected chi connectivity index (χ1v) is 7.14. The van der Waals surface area contributed by atoms with Crippen molar-refractivity contribution in [2.24, 2.45) is 0 Å². The van der Waals surface area contributed by atoms with Gasteiger partial charge in [0.1, 0.15) is 5.75 Å². The topological polar surface area (TPSA) is 58.6 Å². The number of ether oxygens (including phenoxy) is 1. The summed E-state index contributed by atoms with van der Waals surface area (Å²) in [6, 6.07) is 9.13. The number of nitrogens with one attached hydrogen (secondary N) is 1. The molecule has 1 aromatic carbocycles. The van der Waals surface area contributed by atoms with E-state index in [4.69, 9.17) is 21.4 Å². The summed E-state index contributed by atoms with van der Waals surface area (Å²) in [4.78, 5) is 12.5. The van der Waals surface area contributed by atoms with E-state index in [0.29, 0.717) is 11.6 Å². The minimum absolute atomic E-state index is 0.0607. The third kappa shape index (κ3) is 3.88. The van der Waals surface area contributed by atoms with E-state index in [9.17, 15) is 4.79 Å². The Bertz CT molecular complexity index is 612. The van der Waals surface area contributed by atoms with Crippen molar-refractivity contribution in [3.8, 4) is 5.75 Å². The van der Waals surface area contributed by atoms with Crippen LogP contribution in [0.1, 0.15) is 9.75 Å². The van der Waals surface area contributed by atoms with Crippen LogP contribution in [0.5, 0.6) is 5.75 Å². The van der Waals surface area contributed by atoms with E-state index in [-0.39, 0.29) is 6.42 Å². The molecule has 2 aromatic rings. The van der Waals surface area contributed by atoms with Gasteiger partial charge in [-0.15, -0.1) is 11.3 Å². The van der Waals surface area contributed by atoms with Gasteiger partial charge in [0, 0.05) is 21.3 Å². The molecule has 0 bridgehead atoms. The van der Waals surface area contributed by atoms with Gasteiger partial charge < -0.3 is 15.2 Å². The molecule has 0 unspecified atom stereocenters. The van der Waals surface area contributed by atoms with Crippen molar-refractivity contribution in [1.82, 2.24) is 0 Å². The van der Waals surface area contributed by atoms with Crippen LogP contribution in [0, 0.1) is 0 Å². The molecular formula is C14H14ClNO3S. The lowest BCUT2D eigenvalue weighted by molar-refractivity contribution is -0.136. The highest BCUT2D eigenvalue weighted by molar-refractivity contribution is 7.12. The molecule has 0 spiro atoms. The molecule has 0 aliphatic rings. The molecule has 1 heterocycles. The fourth-order valence-electron chi connectivity index (χ4n) is 1.76. The third-order valence-corrected chi connectivity index (χ3v) is 3.98. The predicted molar refractivity (Wildman–Crippen MR) is 81.0 cm³/mol. The lowest BCUT2D eigenvalue weighted by Crippen LogP contribution is -2.00. The van der Waals surface area contributed by atoms with Gasteiger partial charge in [-0.1, -0.05) is 11.6 Å². The summed E-state index contributed by atoms with van der Waals surface area (Å²) in [6.07, 6.45) is 0.0607. The van der Waals surface area contributed by atoms with Crippen molar-refractivity contribution in [3.63, 3.8) is 0 Å². The largest absolute Gasteiger partial charge is 0.495 e. The van der Waals surface area contributed by atoms with Crippen LogP contribution >= 0.6 is 22.9 Å². The summed E-state index contributed by atoms with van der Waals surface area (Å²) in [5.74, 6) is -0.0976. The van der Waals surface area contributed by atoms with Crippen LogP contribution in [0.25, 0.3) is 0 Å². The van der Waals surface area contributed by atoms with Crippen LogP contribution in [-0.2, 0) is 17.8 Å². The molecule has 2 rings (SSSR count). The van der Waals surface area contributed by atoms with Crippen molar-refractivity contribution in [1.29, 1.82) is 0 Å². The number of methoxy groups -OCH3 is 1. The molecule has 0 saturated heterocycles. The Labute approximate surface area is 126 Å². The average molecular weight is 312 g/mol. The maximum Gasteiger partial charge on any atom is 0.308 e. The lowest BCUT2D eigenvalue weighted by Gasteiger charge is -2.10. The van der Waals surface area contributed by atoms with E-state index in [2.05, 4.69) is 5.32 Å². The summed E-state index contributed by atoms with van der Waals surface area (Å²) in [5, 5.41) is 12.6. The molecule has 0 radical (unpaired) electrons. The van der Waals surface area contributed by atoms with Gasteiger partial charge in [-0.25, -0.2) is 0 Å². The Morgan fingerprint density at radius 2 is 2.10 bits per heavy atom. The number of carboxylic acid groups (broad SMARTS) is 1. The summed E-state index contributed by atoms with van der Waals surface area (Å²) in [5.41, 5.74) is 0.813. The van der Waals surface area contributed by atoms with Gasteiger partial charge in [-0.05, 0) is 30.3 Å². The molecule has 20 heavy (non-hydrogen) atoms. The number of anilines is 1. The molecule has 0 atom stereocenters. The van der Waals surface area contributed by atoms with Gasteiger partial charge in [-0.2, -0.15) is 0 Å². The Morgan fingerprint density at radius 3 is 2.80 bits per heavy atom. The Balaban J connectivity index is 2.03. The predicted octanol–water partition coefficient (Wildman–Crippen LogP) is 3.65. The number of rotatable bonds is 6. The smallest absolute Gasteiger partial charge is 0.308 e. The molecule has 2 N–H and O–H groups in total. The minimum atomic E-state index is -0.817. The molecule has 6 heteroatoms. The number of carboxylic acids is 1. The first kappa shape index (κ1) is 14.7. The zero-order valence-electron chi connectivity index (χ0n) is 10.9. The zero-order valence-corrected chi connectivity index (χ0v) is 12.4. The number of halogens is 1. The van der Waals surface area contributed by atoms with Gasteiger partial charge in [0.15, 0.2) is 0 Å². The normalized spacial score (nSPS) is 10.3. The van der Waals surface area contributed by atoms with Crippen molar-refractivity contribution in [2.45, 2.75) is 13.0 Å². The van der Waals surface area contributed by atoms with Crippen molar-refractivity contribution >= 4 is 34.6 Å². The Kier molecular flexibility index (Phi) is 4.87. The van der Waals surface area contributed by atoms with Gasteiger partial charge in [0.25, 0.3) is 0 Å². The summed E-state index contributed by atoms with van der Waals surface area (Å²) in [7, 11) is 1.60. The molecule has 0 amide bonds. The van der Waals surface area contributed by atoms with Crippen LogP contribution in [-0.4, -0.2) is 18.2 Å². The fourth-order valence-corrected chi connectivity index (χ4v) is 2.88. The van der Waals surface area contributed by atoms with E-state index in [1.165, 1.54) is 11.3 Å². The average Bonchev–Trinajstić information content (AvgIpc) is 2.83. The highest BCUT2D eigenvalue weighted by atomic mass is 35.5. The highest BCUT2D eigenvalue weighted by Crippen LogP contribution is 2.28. The van der Waals surface area contributed by atoms with E-state index in [1.54, 1.807) is 25.3 Å². The second kappa shape index (κ2) is 6.63. The van der Waals surface area contributed by atoms with Gasteiger partial charge >= 0.3 is 5.97 Å². The van der Waals surface area contributed by atoms with Crippen molar-refractivity contribution in [2.75, 3.05) is 12.4 Å². The number of benzene rings is 1. The number of carbonyl (C=O) groups is 1. The van der Waals surface area contributed by atoms with Crippen LogP contribution in [0.3, 0.4) is 0 Å². The fraction of sp³-hybridized carbons (Fsp3) is 0.214. The SMILES string of the molecule is COc1ccc(Cl)cc1NCc1ccc(CC(=O)O)s1. The van der Waals surface area contributed by atoms with Crippen LogP contribution < -0.4 is 10.1 Å². The monoisotopic (exact) mass is 311 g/mol. The van der Waals surface area contributed by atoms with Gasteiger partial charge in [-0.3, -0.25) is 4.79 Å². The number of aliphatic carboxylic acids is 1. The Morgan fingerprint density at radius 1 is 1.35 bits per heavy atom. The van der Waals surface area contributed by atoms with E-state index in [1.807, 2.05) is 12.1 Å². The summed E-state index contributed by atoms with van der Waals surface area (Å²) >= 11 is 7.44. The number of hydrogen-bond acceptors (Lipinski definition) is 4. The zero-order chi connectivity index (χ0) is 14.5. The second-order valence-electron chi connectivity index (χ2n) is 4.14. The van der Waals surface area contributed by atoms with Crippen LogP contribution in [0.4, 0.5) is 5.69 Å². The molecular weight excluding hydrogens is 298 g/mol. The van der Waals surface area contributed by atoms with Gasteiger partial charge in [0.05, 0.1) is 19.2 Å². The minimum Gasteiger partial charge on any atom is -0.495 e. The van der Waals surface area contributed by atoms with Crippen LogP contribution in [0.2, 0.25) is 5.02 Å². The first-order chi connectivity index (χ1) is 9.58. The molecule has 106 valence electrons. The van der Waals surface area contributed by atoms with Crippen LogP contribution in [0.15, 0.2) is 30.3 Å². The maximum absolute atomic E-state index is 10.6. The quantitative estimate of drug-likeness (QED) is 0.855. The van der Waals surface area contributed by atoms with Crippen molar-refractivity contribution in [3.05, 3.63) is 45.1 Å². The first-order valence-electron chi connectivity index (χ1n) is 5.95. The Hall–Kier alpha value is -1.72. The van der Waals surface area contributed by atoms with E-state index < -0.39 is 5.97 Å². The number of thiophene rings is 1. The summed E-state index contributed by atoms with van der Waals surface area (Å²) in [6.45, 7) is 0.598. The maximum atomic E-state index is 10.6. The van der Waals surface area contributed by atoms with Gasteiger partial charge in [0.2, 0.25) is 0 Å². The highest BCUT2D eigenvalue weighted by Gasteiger charge is 2.07. The lowest BCUT2D eigenvalue weighted by atomic mass is 10.3. The molecule has 0 aliphatic heterocycles. The molecule has 0 saturated carbocycles. The standard InChI is InChI=1S/C14H14ClNO3S/c1-19-13-5-2-9(15)6-12(13)16-8-11-4-3-10(20-11)7-14(17)18/h2-6,16H,7-8H2,1H3,(H,17,18). The van der Waals surface area contributed by atoms with Crippen molar-refractivity contribution < 1.29 is 14.6 Å². The van der Waals surface area contributed by atoms with E-state index in [0.717, 1.165) is 21.2 Å². The molecule has 4 nitrogen and oxygen atoms in total. The second-order valence-corrected chi connectivity index (χ2v) is 5.83. The summed E-state index contributed by atoms with van der Waals surface area (Å²) < 4.78 is 5.25.